The van der Waals surface area contributed by atoms with Crippen LogP contribution in [0.25, 0.3) is 12.2 Å². The van der Waals surface area contributed by atoms with Crippen LogP contribution in [0.5, 0.6) is 0 Å². The second-order valence-electron chi connectivity index (χ2n) is 2.58. The smallest absolute Gasteiger partial charge is 0.0701 e. The average Bonchev–Trinajstić information content (AvgIpc) is 2.06. The first kappa shape index (κ1) is 7.04. The van der Waals surface area contributed by atoms with Crippen LogP contribution in [-0.4, -0.2) is 4.98 Å². The van der Waals surface area contributed by atoms with Crippen molar-refractivity contribution in [2.24, 2.45) is 0 Å². The van der Waals surface area contributed by atoms with E-state index in [0.717, 1.165) is 10.6 Å². The van der Waals surface area contributed by atoms with Crippen LogP contribution in [0.4, 0.5) is 0 Å². The first-order chi connectivity index (χ1) is 5.97. The van der Waals surface area contributed by atoms with Crippen LogP contribution in [0.15, 0.2) is 42.6 Å². The quantitative estimate of drug-likeness (QED) is 0.539. The Kier molecular flexibility index (Phi) is 1.87. The van der Waals surface area contributed by atoms with E-state index in [1.54, 1.807) is 0 Å². The summed E-state index contributed by atoms with van der Waals surface area (Å²) in [5.74, 6) is 0. The molecule has 0 fully saturated rings. The molecule has 1 heteroatoms. The van der Waals surface area contributed by atoms with Crippen LogP contribution < -0.4 is 10.6 Å². The summed E-state index contributed by atoms with van der Waals surface area (Å²) in [5, 5.41) is 2.19. The van der Waals surface area contributed by atoms with Crippen LogP contribution >= 0.6 is 0 Å². The van der Waals surface area contributed by atoms with Crippen molar-refractivity contribution in [1.82, 2.24) is 4.98 Å². The van der Waals surface area contributed by atoms with Crippen molar-refractivity contribution < 1.29 is 0 Å². The standard InChI is InChI=1S/C11H9N/c1-2-4-8-11-10(6-3-1)7-5-9-12-11/h1-9H/b2-1?,3-1?,4-2?,6-3?,8-4?,10-6+,11-8+. The molecule has 0 bridgehead atoms. The summed E-state index contributed by atoms with van der Waals surface area (Å²) in [6.07, 6.45) is 13.9. The van der Waals surface area contributed by atoms with Gasteiger partial charge < -0.3 is 0 Å². The van der Waals surface area contributed by atoms with E-state index >= 15 is 0 Å². The minimum atomic E-state index is 1.03. The van der Waals surface area contributed by atoms with Crippen LogP contribution in [0, 0.1) is 0 Å². The minimum absolute atomic E-state index is 1.03. The third-order valence-corrected chi connectivity index (χ3v) is 1.73. The number of hydrogen-bond acceptors (Lipinski definition) is 1. The highest BCUT2D eigenvalue weighted by molar-refractivity contribution is 5.45. The lowest BCUT2D eigenvalue weighted by atomic mass is 10.2. The van der Waals surface area contributed by atoms with Gasteiger partial charge in [-0.2, -0.15) is 0 Å². The van der Waals surface area contributed by atoms with E-state index in [9.17, 15) is 0 Å². The van der Waals surface area contributed by atoms with Crippen molar-refractivity contribution in [3.8, 4) is 0 Å². The van der Waals surface area contributed by atoms with Crippen molar-refractivity contribution in [1.29, 1.82) is 0 Å². The molecule has 0 aliphatic heterocycles. The first-order valence-corrected chi connectivity index (χ1v) is 3.93. The Morgan fingerprint density at radius 1 is 0.917 bits per heavy atom. The molecular formula is C11H9N. The monoisotopic (exact) mass is 155 g/mol. The Balaban J connectivity index is 2.80. The molecule has 12 heavy (non-hydrogen) atoms. The number of rotatable bonds is 0. The second-order valence-corrected chi connectivity index (χ2v) is 2.58. The molecule has 0 saturated carbocycles. The lowest BCUT2D eigenvalue weighted by Gasteiger charge is -1.88. The van der Waals surface area contributed by atoms with Gasteiger partial charge in [0.05, 0.1) is 5.35 Å². The molecule has 0 amide bonds. The normalized spacial score (nSPS) is 19.3. The number of hydrogen-bond donors (Lipinski definition) is 0. The molecule has 1 aromatic heterocycles. The topological polar surface area (TPSA) is 12.9 Å². The molecule has 58 valence electrons. The van der Waals surface area contributed by atoms with Crippen LogP contribution in [-0.2, 0) is 0 Å². The Bertz CT molecular complexity index is 395. The molecule has 0 saturated heterocycles. The van der Waals surface area contributed by atoms with Gasteiger partial charge in [0.15, 0.2) is 0 Å². The summed E-state index contributed by atoms with van der Waals surface area (Å²) in [6.45, 7) is 0. The summed E-state index contributed by atoms with van der Waals surface area (Å²) < 4.78 is 0. The third kappa shape index (κ3) is 1.35. The predicted octanol–water partition coefficient (Wildman–Crippen LogP) is 0.769. The van der Waals surface area contributed by atoms with Gasteiger partial charge in [0, 0.05) is 11.4 Å². The van der Waals surface area contributed by atoms with Gasteiger partial charge in [-0.25, -0.2) is 0 Å². The third-order valence-electron chi connectivity index (χ3n) is 1.73. The Morgan fingerprint density at radius 3 is 2.67 bits per heavy atom. The van der Waals surface area contributed by atoms with Gasteiger partial charge in [-0.05, 0) is 12.1 Å². The van der Waals surface area contributed by atoms with E-state index in [1.165, 1.54) is 0 Å². The Morgan fingerprint density at radius 2 is 1.75 bits per heavy atom. The zero-order valence-electron chi connectivity index (χ0n) is 6.64. The van der Waals surface area contributed by atoms with Crippen molar-refractivity contribution >= 4 is 12.2 Å². The molecule has 0 unspecified atom stereocenters. The van der Waals surface area contributed by atoms with Crippen LogP contribution in [0.2, 0.25) is 0 Å². The van der Waals surface area contributed by atoms with Crippen molar-refractivity contribution in [3.05, 3.63) is 53.2 Å². The highest BCUT2D eigenvalue weighted by Gasteiger charge is 1.83. The number of allylic oxidation sites excluding steroid dienone is 4. The number of fused-ring (bicyclic) bond motifs is 1. The van der Waals surface area contributed by atoms with Gasteiger partial charge >= 0.3 is 0 Å². The molecule has 1 aromatic rings. The Labute approximate surface area is 71.1 Å². The highest BCUT2D eigenvalue weighted by atomic mass is 14.6. The van der Waals surface area contributed by atoms with Crippen molar-refractivity contribution in [2.75, 3.05) is 0 Å². The molecule has 2 rings (SSSR count). The van der Waals surface area contributed by atoms with E-state index in [0.29, 0.717) is 0 Å². The number of nitrogens with zero attached hydrogens (tertiary/aromatic N) is 1. The lowest BCUT2D eigenvalue weighted by Crippen LogP contribution is -2.26. The summed E-state index contributed by atoms with van der Waals surface area (Å²) in [6, 6.07) is 4.00. The molecule has 0 atom stereocenters. The molecule has 1 aliphatic carbocycles. The first-order valence-electron chi connectivity index (χ1n) is 3.93. The fourth-order valence-electron chi connectivity index (χ4n) is 1.14. The van der Waals surface area contributed by atoms with E-state index in [1.807, 2.05) is 42.6 Å². The molecule has 1 heterocycles. The number of pyridine rings is 1. The maximum absolute atomic E-state index is 4.25. The van der Waals surface area contributed by atoms with Gasteiger partial charge in [0.2, 0.25) is 0 Å². The van der Waals surface area contributed by atoms with Crippen LogP contribution in [0.1, 0.15) is 0 Å². The van der Waals surface area contributed by atoms with Crippen LogP contribution in [0.3, 0.4) is 0 Å². The summed E-state index contributed by atoms with van der Waals surface area (Å²) in [5.41, 5.74) is 0. The molecular weight excluding hydrogens is 146 g/mol. The highest BCUT2D eigenvalue weighted by Crippen LogP contribution is 1.82. The summed E-state index contributed by atoms with van der Waals surface area (Å²) in [7, 11) is 0. The van der Waals surface area contributed by atoms with Gasteiger partial charge in [0.1, 0.15) is 0 Å². The fraction of sp³-hybridized carbons (Fsp3) is 0. The molecule has 0 aromatic carbocycles. The molecule has 1 nitrogen and oxygen atoms in total. The van der Waals surface area contributed by atoms with Gasteiger partial charge in [-0.1, -0.05) is 36.4 Å². The van der Waals surface area contributed by atoms with E-state index in [4.69, 9.17) is 0 Å². The molecule has 1 aliphatic rings. The SMILES string of the molecule is C1=C/C=c2\cccn\c2=C\C=C1. The lowest BCUT2D eigenvalue weighted by molar-refractivity contribution is 1.22. The van der Waals surface area contributed by atoms with E-state index < -0.39 is 0 Å². The molecule has 0 N–H and O–H groups in total. The zero-order valence-corrected chi connectivity index (χ0v) is 6.64. The fourth-order valence-corrected chi connectivity index (χ4v) is 1.14. The van der Waals surface area contributed by atoms with Gasteiger partial charge in [-0.3, -0.25) is 4.98 Å². The maximum Gasteiger partial charge on any atom is 0.0701 e. The van der Waals surface area contributed by atoms with E-state index in [2.05, 4.69) is 17.1 Å². The number of aromatic nitrogens is 1. The summed E-state index contributed by atoms with van der Waals surface area (Å²) >= 11 is 0. The predicted molar refractivity (Wildman–Crippen MR) is 50.7 cm³/mol. The van der Waals surface area contributed by atoms with Crippen molar-refractivity contribution in [3.63, 3.8) is 0 Å². The minimum Gasteiger partial charge on any atom is -0.256 e. The van der Waals surface area contributed by atoms with E-state index in [-0.39, 0.29) is 0 Å². The largest absolute Gasteiger partial charge is 0.256 e. The summed E-state index contributed by atoms with van der Waals surface area (Å²) in [4.78, 5) is 4.25. The van der Waals surface area contributed by atoms with Gasteiger partial charge in [0.25, 0.3) is 0 Å². The molecule has 0 radical (unpaired) electrons. The average molecular weight is 155 g/mol. The maximum atomic E-state index is 4.25. The zero-order chi connectivity index (χ0) is 8.23. The second kappa shape index (κ2) is 3.18. The van der Waals surface area contributed by atoms with Gasteiger partial charge in [-0.15, -0.1) is 0 Å². The Hall–Kier alpha value is -1.63. The van der Waals surface area contributed by atoms with Crippen molar-refractivity contribution in [2.45, 2.75) is 0 Å². The molecule has 0 spiro atoms.